The molecule has 2 nitrogen and oxygen atoms in total. The fourth-order valence-electron chi connectivity index (χ4n) is 1.72. The fraction of sp³-hybridized carbons (Fsp3) is 0.267. The van der Waals surface area contributed by atoms with Crippen molar-refractivity contribution < 1.29 is 0 Å². The molecule has 2 aromatic rings. The van der Waals surface area contributed by atoms with Gasteiger partial charge in [-0.1, -0.05) is 30.8 Å². The van der Waals surface area contributed by atoms with Crippen molar-refractivity contribution in [2.45, 2.75) is 30.3 Å². The molecule has 0 fully saturated rings. The molecule has 0 saturated heterocycles. The minimum atomic E-state index is 0.941. The van der Waals surface area contributed by atoms with Crippen molar-refractivity contribution in [2.24, 2.45) is 0 Å². The van der Waals surface area contributed by atoms with Crippen molar-refractivity contribution in [1.29, 1.82) is 0 Å². The maximum Gasteiger partial charge on any atom is 0.101 e. The Bertz CT molecular complexity index is 497. The quantitative estimate of drug-likeness (QED) is 0.886. The second kappa shape index (κ2) is 6.57. The SMILES string of the molecule is CCNCc1ccc(Sc2ccccn2)cc1C. The van der Waals surface area contributed by atoms with Gasteiger partial charge in [0, 0.05) is 17.6 Å². The largest absolute Gasteiger partial charge is 0.313 e. The number of rotatable bonds is 5. The predicted octanol–water partition coefficient (Wildman–Crippen LogP) is 3.65. The van der Waals surface area contributed by atoms with E-state index in [9.17, 15) is 0 Å². The van der Waals surface area contributed by atoms with E-state index in [1.807, 2.05) is 24.4 Å². The van der Waals surface area contributed by atoms with Gasteiger partial charge in [-0.25, -0.2) is 4.98 Å². The zero-order chi connectivity index (χ0) is 12.8. The van der Waals surface area contributed by atoms with Gasteiger partial charge in [-0.05, 0) is 48.9 Å². The zero-order valence-corrected chi connectivity index (χ0v) is 11.6. The molecule has 3 heteroatoms. The molecular weight excluding hydrogens is 240 g/mol. The Morgan fingerprint density at radius 2 is 2.11 bits per heavy atom. The van der Waals surface area contributed by atoms with Crippen LogP contribution in [0.2, 0.25) is 0 Å². The first-order valence-electron chi connectivity index (χ1n) is 6.18. The van der Waals surface area contributed by atoms with Crippen LogP contribution in [0.3, 0.4) is 0 Å². The number of nitrogens with one attached hydrogen (secondary N) is 1. The third-order valence-electron chi connectivity index (χ3n) is 2.74. The van der Waals surface area contributed by atoms with Crippen LogP contribution in [-0.2, 0) is 6.54 Å². The van der Waals surface area contributed by atoms with E-state index in [-0.39, 0.29) is 0 Å². The number of aromatic nitrogens is 1. The van der Waals surface area contributed by atoms with Crippen LogP contribution in [-0.4, -0.2) is 11.5 Å². The van der Waals surface area contributed by atoms with Crippen molar-refractivity contribution in [1.82, 2.24) is 10.3 Å². The van der Waals surface area contributed by atoms with Crippen LogP contribution < -0.4 is 5.32 Å². The van der Waals surface area contributed by atoms with Crippen LogP contribution >= 0.6 is 11.8 Å². The highest BCUT2D eigenvalue weighted by molar-refractivity contribution is 7.99. The average molecular weight is 258 g/mol. The van der Waals surface area contributed by atoms with Crippen molar-refractivity contribution in [3.05, 3.63) is 53.7 Å². The van der Waals surface area contributed by atoms with Gasteiger partial charge in [0.2, 0.25) is 0 Å². The molecule has 1 aromatic carbocycles. The number of pyridine rings is 1. The van der Waals surface area contributed by atoms with Gasteiger partial charge in [0.15, 0.2) is 0 Å². The Morgan fingerprint density at radius 3 is 2.78 bits per heavy atom. The van der Waals surface area contributed by atoms with E-state index in [4.69, 9.17) is 0 Å². The highest BCUT2D eigenvalue weighted by Crippen LogP contribution is 2.27. The van der Waals surface area contributed by atoms with Gasteiger partial charge in [0.25, 0.3) is 0 Å². The number of hydrogen-bond donors (Lipinski definition) is 1. The summed E-state index contributed by atoms with van der Waals surface area (Å²) in [7, 11) is 0. The van der Waals surface area contributed by atoms with Crippen molar-refractivity contribution in [3.63, 3.8) is 0 Å². The van der Waals surface area contributed by atoms with Gasteiger partial charge in [0.05, 0.1) is 0 Å². The van der Waals surface area contributed by atoms with Crippen LogP contribution in [0.25, 0.3) is 0 Å². The summed E-state index contributed by atoms with van der Waals surface area (Å²) in [6.45, 7) is 6.23. The average Bonchev–Trinajstić information content (AvgIpc) is 2.39. The maximum atomic E-state index is 4.33. The lowest BCUT2D eigenvalue weighted by Gasteiger charge is -2.08. The molecule has 2 rings (SSSR count). The van der Waals surface area contributed by atoms with Crippen LogP contribution in [0.4, 0.5) is 0 Å². The van der Waals surface area contributed by atoms with Gasteiger partial charge in [-0.2, -0.15) is 0 Å². The topological polar surface area (TPSA) is 24.9 Å². The lowest BCUT2D eigenvalue weighted by Crippen LogP contribution is -2.12. The van der Waals surface area contributed by atoms with Crippen LogP contribution in [0.5, 0.6) is 0 Å². The molecule has 18 heavy (non-hydrogen) atoms. The summed E-state index contributed by atoms with van der Waals surface area (Å²) in [6.07, 6.45) is 1.83. The summed E-state index contributed by atoms with van der Waals surface area (Å²) in [5.74, 6) is 0. The molecule has 0 atom stereocenters. The molecule has 0 unspecified atom stereocenters. The van der Waals surface area contributed by atoms with E-state index in [1.165, 1.54) is 16.0 Å². The minimum absolute atomic E-state index is 0.941. The first-order valence-corrected chi connectivity index (χ1v) is 7.00. The van der Waals surface area contributed by atoms with E-state index < -0.39 is 0 Å². The van der Waals surface area contributed by atoms with Crippen molar-refractivity contribution in [3.8, 4) is 0 Å². The van der Waals surface area contributed by atoms with Gasteiger partial charge < -0.3 is 5.32 Å². The third kappa shape index (κ3) is 3.59. The Balaban J connectivity index is 2.09. The Hall–Kier alpha value is -1.32. The Labute approximate surface area is 113 Å². The number of benzene rings is 1. The summed E-state index contributed by atoms with van der Waals surface area (Å²) in [4.78, 5) is 5.57. The van der Waals surface area contributed by atoms with Crippen molar-refractivity contribution >= 4 is 11.8 Å². The fourth-order valence-corrected chi connectivity index (χ4v) is 2.59. The summed E-state index contributed by atoms with van der Waals surface area (Å²) in [6, 6.07) is 12.6. The van der Waals surface area contributed by atoms with Gasteiger partial charge >= 0.3 is 0 Å². The molecule has 0 amide bonds. The summed E-state index contributed by atoms with van der Waals surface area (Å²) in [5.41, 5.74) is 2.69. The molecule has 0 aliphatic carbocycles. The molecule has 94 valence electrons. The van der Waals surface area contributed by atoms with Crippen LogP contribution in [0.1, 0.15) is 18.1 Å². The first-order chi connectivity index (χ1) is 8.79. The normalized spacial score (nSPS) is 10.6. The molecule has 0 aliphatic heterocycles. The standard InChI is InChI=1S/C15H18N2S/c1-3-16-11-13-7-8-14(10-12(13)2)18-15-6-4-5-9-17-15/h4-10,16H,3,11H2,1-2H3. The smallest absolute Gasteiger partial charge is 0.101 e. The molecule has 0 saturated carbocycles. The molecule has 0 bridgehead atoms. The van der Waals surface area contributed by atoms with E-state index in [0.29, 0.717) is 0 Å². The summed E-state index contributed by atoms with van der Waals surface area (Å²) >= 11 is 1.70. The van der Waals surface area contributed by atoms with Crippen LogP contribution in [0, 0.1) is 6.92 Å². The molecule has 1 heterocycles. The third-order valence-corrected chi connectivity index (χ3v) is 3.68. The van der Waals surface area contributed by atoms with Crippen molar-refractivity contribution in [2.75, 3.05) is 6.54 Å². The van der Waals surface area contributed by atoms with E-state index in [0.717, 1.165) is 18.1 Å². The first kappa shape index (κ1) is 13.1. The molecule has 0 radical (unpaired) electrons. The number of nitrogens with zero attached hydrogens (tertiary/aromatic N) is 1. The zero-order valence-electron chi connectivity index (χ0n) is 10.8. The van der Waals surface area contributed by atoms with Gasteiger partial charge in [0.1, 0.15) is 5.03 Å². The highest BCUT2D eigenvalue weighted by Gasteiger charge is 2.02. The second-order valence-corrected chi connectivity index (χ2v) is 5.23. The van der Waals surface area contributed by atoms with E-state index in [2.05, 4.69) is 42.3 Å². The van der Waals surface area contributed by atoms with E-state index in [1.54, 1.807) is 11.8 Å². The van der Waals surface area contributed by atoms with Crippen LogP contribution in [0.15, 0.2) is 52.5 Å². The molecule has 1 N–H and O–H groups in total. The maximum absolute atomic E-state index is 4.33. The highest BCUT2D eigenvalue weighted by atomic mass is 32.2. The minimum Gasteiger partial charge on any atom is -0.313 e. The summed E-state index contributed by atoms with van der Waals surface area (Å²) < 4.78 is 0. The summed E-state index contributed by atoms with van der Waals surface area (Å²) in [5, 5.41) is 4.39. The Morgan fingerprint density at radius 1 is 1.22 bits per heavy atom. The number of hydrogen-bond acceptors (Lipinski definition) is 3. The molecule has 0 spiro atoms. The van der Waals surface area contributed by atoms with E-state index >= 15 is 0 Å². The number of aryl methyl sites for hydroxylation is 1. The molecular formula is C15H18N2S. The van der Waals surface area contributed by atoms with Gasteiger partial charge in [-0.15, -0.1) is 0 Å². The predicted molar refractivity (Wildman–Crippen MR) is 76.9 cm³/mol. The Kier molecular flexibility index (Phi) is 4.79. The second-order valence-electron chi connectivity index (χ2n) is 4.14. The lowest BCUT2D eigenvalue weighted by atomic mass is 10.1. The molecule has 1 aromatic heterocycles. The monoisotopic (exact) mass is 258 g/mol. The van der Waals surface area contributed by atoms with Gasteiger partial charge in [-0.3, -0.25) is 0 Å². The molecule has 0 aliphatic rings. The lowest BCUT2D eigenvalue weighted by molar-refractivity contribution is 0.723.